The Hall–Kier alpha value is -5.75. The Morgan fingerprint density at radius 1 is 0.537 bits per heavy atom. The van der Waals surface area contributed by atoms with Gasteiger partial charge < -0.3 is 4.74 Å². The summed E-state index contributed by atoms with van der Waals surface area (Å²) in [6.07, 6.45) is 7.77. The minimum atomic E-state index is 0.735. The first-order valence-corrected chi connectivity index (χ1v) is 13.5. The van der Waals surface area contributed by atoms with Gasteiger partial charge in [0.2, 0.25) is 0 Å². The third-order valence-corrected chi connectivity index (χ3v) is 7.87. The van der Waals surface area contributed by atoms with Crippen LogP contribution in [0.15, 0.2) is 128 Å². The van der Waals surface area contributed by atoms with E-state index in [2.05, 4.69) is 86.7 Å². The van der Waals surface area contributed by atoms with Gasteiger partial charge in [0.1, 0.15) is 22.8 Å². The second kappa shape index (κ2) is 8.37. The highest BCUT2D eigenvalue weighted by Gasteiger charge is 2.15. The van der Waals surface area contributed by atoms with Crippen molar-refractivity contribution >= 4 is 54.8 Å². The van der Waals surface area contributed by atoms with E-state index in [1.54, 1.807) is 0 Å². The Labute approximate surface area is 233 Å². The SMILES string of the molecule is c1ccc(-c2cn3c4cccnc4c4ccc(Oc5ccc6c7ccccc7n7ccnc7c6c5)cc4c3n2)cc1. The summed E-state index contributed by atoms with van der Waals surface area (Å²) in [6, 6.07) is 35.1. The zero-order valence-corrected chi connectivity index (χ0v) is 21.8. The topological polar surface area (TPSA) is 56.7 Å². The molecule has 0 radical (unpaired) electrons. The molecule has 5 aromatic heterocycles. The first-order chi connectivity index (χ1) is 20.3. The first-order valence-electron chi connectivity index (χ1n) is 13.5. The van der Waals surface area contributed by atoms with E-state index in [1.807, 2.05) is 55.0 Å². The zero-order valence-electron chi connectivity index (χ0n) is 21.8. The molecule has 0 saturated heterocycles. The van der Waals surface area contributed by atoms with E-state index in [4.69, 9.17) is 14.7 Å². The molecule has 0 fully saturated rings. The quantitative estimate of drug-likeness (QED) is 0.216. The van der Waals surface area contributed by atoms with Gasteiger partial charge in [-0.2, -0.15) is 0 Å². The Balaban J connectivity index is 1.23. The molecular weight excluding hydrogens is 506 g/mol. The number of hydrogen-bond acceptors (Lipinski definition) is 4. The number of pyridine rings is 3. The van der Waals surface area contributed by atoms with Crippen molar-refractivity contribution in [3.63, 3.8) is 0 Å². The van der Waals surface area contributed by atoms with Crippen LogP contribution in [-0.4, -0.2) is 23.8 Å². The lowest BCUT2D eigenvalue weighted by Crippen LogP contribution is -1.93. The Kier molecular flexibility index (Phi) is 4.51. The summed E-state index contributed by atoms with van der Waals surface area (Å²) in [7, 11) is 0. The van der Waals surface area contributed by atoms with Crippen molar-refractivity contribution in [2.75, 3.05) is 0 Å². The summed E-state index contributed by atoms with van der Waals surface area (Å²) in [5.41, 5.74) is 6.85. The van der Waals surface area contributed by atoms with Crippen molar-refractivity contribution in [2.24, 2.45) is 0 Å². The van der Waals surface area contributed by atoms with Gasteiger partial charge in [0.05, 0.1) is 22.2 Å². The number of imidazole rings is 2. The van der Waals surface area contributed by atoms with Crippen LogP contribution in [0.4, 0.5) is 0 Å². The smallest absolute Gasteiger partial charge is 0.146 e. The molecule has 9 aromatic rings. The largest absolute Gasteiger partial charge is 0.457 e. The highest BCUT2D eigenvalue weighted by atomic mass is 16.5. The molecule has 5 heterocycles. The van der Waals surface area contributed by atoms with Crippen LogP contribution in [0.3, 0.4) is 0 Å². The van der Waals surface area contributed by atoms with Crippen molar-refractivity contribution in [2.45, 2.75) is 0 Å². The molecule has 41 heavy (non-hydrogen) atoms. The standard InChI is InChI=1S/C35H21N5O/c1-2-7-22(8-3-1)30-21-40-32-11-6-16-36-33(32)27-15-13-24(20-29(27)35(40)38-30)41-23-12-14-25-26-9-4-5-10-31(26)39-18-17-37-34(39)28(25)19-23/h1-21H. The van der Waals surface area contributed by atoms with E-state index in [9.17, 15) is 0 Å². The van der Waals surface area contributed by atoms with E-state index in [0.717, 1.165) is 72.1 Å². The summed E-state index contributed by atoms with van der Waals surface area (Å²) >= 11 is 0. The van der Waals surface area contributed by atoms with E-state index in [0.29, 0.717) is 0 Å². The van der Waals surface area contributed by atoms with Gasteiger partial charge in [-0.05, 0) is 60.0 Å². The van der Waals surface area contributed by atoms with Gasteiger partial charge in [-0.3, -0.25) is 13.8 Å². The number of benzene rings is 4. The fourth-order valence-corrected chi connectivity index (χ4v) is 6.03. The summed E-state index contributed by atoms with van der Waals surface area (Å²) in [5, 5.41) is 5.40. The fraction of sp³-hybridized carbons (Fsp3) is 0. The Morgan fingerprint density at radius 3 is 2.17 bits per heavy atom. The van der Waals surface area contributed by atoms with E-state index >= 15 is 0 Å². The van der Waals surface area contributed by atoms with Crippen LogP contribution >= 0.6 is 0 Å². The number of rotatable bonds is 3. The molecule has 0 unspecified atom stereocenters. The molecule has 6 heteroatoms. The van der Waals surface area contributed by atoms with Crippen LogP contribution in [0.25, 0.3) is 66.0 Å². The molecule has 0 atom stereocenters. The Morgan fingerprint density at radius 2 is 1.29 bits per heavy atom. The maximum atomic E-state index is 6.49. The highest BCUT2D eigenvalue weighted by molar-refractivity contribution is 6.12. The first kappa shape index (κ1) is 22.1. The molecule has 0 aliphatic carbocycles. The average molecular weight is 528 g/mol. The van der Waals surface area contributed by atoms with E-state index in [1.165, 1.54) is 5.39 Å². The number of aromatic nitrogens is 5. The normalized spacial score (nSPS) is 11.9. The van der Waals surface area contributed by atoms with Crippen molar-refractivity contribution in [3.05, 3.63) is 128 Å². The molecular formula is C35H21N5O. The molecule has 0 saturated carbocycles. The molecule has 0 amide bonds. The molecule has 6 nitrogen and oxygen atoms in total. The lowest BCUT2D eigenvalue weighted by atomic mass is 10.1. The third-order valence-electron chi connectivity index (χ3n) is 7.87. The van der Waals surface area contributed by atoms with Gasteiger partial charge in [-0.15, -0.1) is 0 Å². The van der Waals surface area contributed by atoms with Crippen molar-refractivity contribution in [3.8, 4) is 22.8 Å². The molecule has 9 rings (SSSR count). The number of para-hydroxylation sites is 1. The van der Waals surface area contributed by atoms with Crippen LogP contribution in [-0.2, 0) is 0 Å². The molecule has 0 N–H and O–H groups in total. The average Bonchev–Trinajstić information content (AvgIpc) is 3.71. The maximum Gasteiger partial charge on any atom is 0.146 e. The monoisotopic (exact) mass is 527 g/mol. The van der Waals surface area contributed by atoms with Crippen molar-refractivity contribution in [1.29, 1.82) is 0 Å². The van der Waals surface area contributed by atoms with E-state index in [-0.39, 0.29) is 0 Å². The molecule has 0 spiro atoms. The third kappa shape index (κ3) is 3.28. The van der Waals surface area contributed by atoms with Gasteiger partial charge in [0.25, 0.3) is 0 Å². The summed E-state index contributed by atoms with van der Waals surface area (Å²) in [5.74, 6) is 1.48. The van der Waals surface area contributed by atoms with Gasteiger partial charge in [0.15, 0.2) is 0 Å². The number of ether oxygens (including phenoxy) is 1. The molecule has 4 aromatic carbocycles. The Bertz CT molecular complexity index is 2460. The van der Waals surface area contributed by atoms with Crippen LogP contribution in [0, 0.1) is 0 Å². The number of fused-ring (bicyclic) bond motifs is 12. The minimum Gasteiger partial charge on any atom is -0.457 e. The van der Waals surface area contributed by atoms with Crippen LogP contribution in [0.2, 0.25) is 0 Å². The summed E-state index contributed by atoms with van der Waals surface area (Å²) in [4.78, 5) is 14.5. The summed E-state index contributed by atoms with van der Waals surface area (Å²) in [6.45, 7) is 0. The predicted octanol–water partition coefficient (Wildman–Crippen LogP) is 8.45. The second-order valence-electron chi connectivity index (χ2n) is 10.2. The second-order valence-corrected chi connectivity index (χ2v) is 10.2. The lowest BCUT2D eigenvalue weighted by molar-refractivity contribution is 0.484. The van der Waals surface area contributed by atoms with Gasteiger partial charge in [0, 0.05) is 51.9 Å². The minimum absolute atomic E-state index is 0.735. The van der Waals surface area contributed by atoms with Crippen LogP contribution in [0.5, 0.6) is 11.5 Å². The van der Waals surface area contributed by atoms with Crippen LogP contribution in [0.1, 0.15) is 0 Å². The number of nitrogens with zero attached hydrogens (tertiary/aromatic N) is 5. The molecule has 0 bridgehead atoms. The van der Waals surface area contributed by atoms with Gasteiger partial charge in [-0.1, -0.05) is 48.5 Å². The summed E-state index contributed by atoms with van der Waals surface area (Å²) < 4.78 is 10.8. The van der Waals surface area contributed by atoms with Crippen molar-refractivity contribution in [1.82, 2.24) is 23.8 Å². The predicted molar refractivity (Wildman–Crippen MR) is 164 cm³/mol. The van der Waals surface area contributed by atoms with E-state index < -0.39 is 0 Å². The molecule has 0 aliphatic rings. The molecule has 192 valence electrons. The van der Waals surface area contributed by atoms with Crippen LogP contribution < -0.4 is 4.74 Å². The highest BCUT2D eigenvalue weighted by Crippen LogP contribution is 2.36. The maximum absolute atomic E-state index is 6.49. The van der Waals surface area contributed by atoms with Gasteiger partial charge >= 0.3 is 0 Å². The number of hydrogen-bond donors (Lipinski definition) is 0. The fourth-order valence-electron chi connectivity index (χ4n) is 6.03. The lowest BCUT2D eigenvalue weighted by Gasteiger charge is -2.12. The molecule has 0 aliphatic heterocycles. The van der Waals surface area contributed by atoms with Crippen molar-refractivity contribution < 1.29 is 4.74 Å². The zero-order chi connectivity index (χ0) is 26.9. The van der Waals surface area contributed by atoms with Gasteiger partial charge in [-0.25, -0.2) is 9.97 Å².